The molecule has 1 atom stereocenters. The van der Waals surface area contributed by atoms with E-state index in [4.69, 9.17) is 9.47 Å². The molecule has 1 N–H and O–H groups in total. The standard InChI is InChI=1S/C10H21NO3/c1-5-14-9(12)10(2,11-3)7-6-8-13-4/h11H,5-8H2,1-4H3. The van der Waals surface area contributed by atoms with Crippen LogP contribution in [0.3, 0.4) is 0 Å². The summed E-state index contributed by atoms with van der Waals surface area (Å²) in [5.74, 6) is -0.196. The molecule has 4 nitrogen and oxygen atoms in total. The van der Waals surface area contributed by atoms with Crippen molar-refractivity contribution in [1.29, 1.82) is 0 Å². The van der Waals surface area contributed by atoms with Crippen molar-refractivity contribution in [1.82, 2.24) is 5.32 Å². The van der Waals surface area contributed by atoms with Crippen LogP contribution < -0.4 is 5.32 Å². The van der Waals surface area contributed by atoms with E-state index in [1.165, 1.54) is 0 Å². The van der Waals surface area contributed by atoms with E-state index in [1.807, 2.05) is 13.8 Å². The third-order valence-corrected chi connectivity index (χ3v) is 2.30. The maximum absolute atomic E-state index is 11.6. The molecule has 0 bridgehead atoms. The minimum Gasteiger partial charge on any atom is -0.465 e. The van der Waals surface area contributed by atoms with Gasteiger partial charge in [0.15, 0.2) is 0 Å². The Morgan fingerprint density at radius 2 is 2.14 bits per heavy atom. The minimum absolute atomic E-state index is 0.196. The van der Waals surface area contributed by atoms with Gasteiger partial charge in [0, 0.05) is 13.7 Å². The number of carbonyl (C=O) groups excluding carboxylic acids is 1. The maximum Gasteiger partial charge on any atom is 0.326 e. The summed E-state index contributed by atoms with van der Waals surface area (Å²) in [5.41, 5.74) is -0.589. The van der Waals surface area contributed by atoms with E-state index in [9.17, 15) is 4.79 Å². The molecule has 1 unspecified atom stereocenters. The van der Waals surface area contributed by atoms with Gasteiger partial charge in [0.2, 0.25) is 0 Å². The Kier molecular flexibility index (Phi) is 6.49. The lowest BCUT2D eigenvalue weighted by molar-refractivity contribution is -0.150. The number of methoxy groups -OCH3 is 1. The van der Waals surface area contributed by atoms with Crippen molar-refractivity contribution in [3.8, 4) is 0 Å². The van der Waals surface area contributed by atoms with Gasteiger partial charge in [-0.1, -0.05) is 0 Å². The van der Waals surface area contributed by atoms with E-state index in [0.717, 1.165) is 12.8 Å². The van der Waals surface area contributed by atoms with E-state index in [0.29, 0.717) is 13.2 Å². The van der Waals surface area contributed by atoms with Crippen molar-refractivity contribution < 1.29 is 14.3 Å². The molecule has 0 aromatic heterocycles. The van der Waals surface area contributed by atoms with Gasteiger partial charge in [-0.05, 0) is 33.7 Å². The monoisotopic (exact) mass is 203 g/mol. The normalized spacial score (nSPS) is 14.9. The Morgan fingerprint density at radius 1 is 1.50 bits per heavy atom. The Hall–Kier alpha value is -0.610. The van der Waals surface area contributed by atoms with E-state index in [1.54, 1.807) is 14.2 Å². The summed E-state index contributed by atoms with van der Waals surface area (Å²) in [6.45, 7) is 4.74. The Balaban J connectivity index is 4.09. The Morgan fingerprint density at radius 3 is 2.57 bits per heavy atom. The molecule has 0 aliphatic carbocycles. The molecule has 0 amide bonds. The summed E-state index contributed by atoms with van der Waals surface area (Å²) in [6, 6.07) is 0. The Labute approximate surface area is 86.0 Å². The van der Waals surface area contributed by atoms with Gasteiger partial charge >= 0.3 is 5.97 Å². The topological polar surface area (TPSA) is 47.6 Å². The molecule has 0 aromatic rings. The summed E-state index contributed by atoms with van der Waals surface area (Å²) in [7, 11) is 3.42. The van der Waals surface area contributed by atoms with Gasteiger partial charge in [-0.15, -0.1) is 0 Å². The van der Waals surface area contributed by atoms with Gasteiger partial charge in [-0.2, -0.15) is 0 Å². The summed E-state index contributed by atoms with van der Waals surface area (Å²) in [4.78, 5) is 11.6. The molecular formula is C10H21NO3. The lowest BCUT2D eigenvalue weighted by Gasteiger charge is -2.26. The zero-order chi connectivity index (χ0) is 11.0. The second kappa shape index (κ2) is 6.79. The molecule has 0 saturated heterocycles. The molecule has 0 rings (SSSR count). The van der Waals surface area contributed by atoms with E-state index in [2.05, 4.69) is 5.32 Å². The number of esters is 1. The third-order valence-electron chi connectivity index (χ3n) is 2.30. The average molecular weight is 203 g/mol. The molecule has 0 aliphatic heterocycles. The lowest BCUT2D eigenvalue weighted by atomic mass is 9.96. The highest BCUT2D eigenvalue weighted by Gasteiger charge is 2.32. The van der Waals surface area contributed by atoms with Crippen molar-refractivity contribution in [3.63, 3.8) is 0 Å². The predicted molar refractivity (Wildman–Crippen MR) is 55.2 cm³/mol. The highest BCUT2D eigenvalue weighted by molar-refractivity contribution is 5.80. The molecule has 0 spiro atoms. The second-order valence-electron chi connectivity index (χ2n) is 3.40. The average Bonchev–Trinajstić information content (AvgIpc) is 2.18. The van der Waals surface area contributed by atoms with Crippen molar-refractivity contribution >= 4 is 5.97 Å². The summed E-state index contributed by atoms with van der Waals surface area (Å²) < 4.78 is 9.93. The molecule has 0 aliphatic rings. The van der Waals surface area contributed by atoms with E-state index < -0.39 is 5.54 Å². The number of nitrogens with one attached hydrogen (secondary N) is 1. The summed E-state index contributed by atoms with van der Waals surface area (Å²) in [5, 5.41) is 2.99. The minimum atomic E-state index is -0.589. The number of rotatable bonds is 7. The highest BCUT2D eigenvalue weighted by Crippen LogP contribution is 2.13. The van der Waals surface area contributed by atoms with Crippen LogP contribution in [-0.4, -0.2) is 38.9 Å². The molecule has 0 aromatic carbocycles. The second-order valence-corrected chi connectivity index (χ2v) is 3.40. The highest BCUT2D eigenvalue weighted by atomic mass is 16.5. The van der Waals surface area contributed by atoms with Crippen LogP contribution >= 0.6 is 0 Å². The smallest absolute Gasteiger partial charge is 0.326 e. The van der Waals surface area contributed by atoms with Crippen molar-refractivity contribution in [2.45, 2.75) is 32.2 Å². The SMILES string of the molecule is CCOC(=O)C(C)(CCCOC)NC. The number of hydrogen-bond acceptors (Lipinski definition) is 4. The first kappa shape index (κ1) is 13.4. The molecular weight excluding hydrogens is 182 g/mol. The van der Waals surface area contributed by atoms with Crippen LogP contribution in [0.2, 0.25) is 0 Å². The van der Waals surface area contributed by atoms with Crippen LogP contribution in [0.15, 0.2) is 0 Å². The fourth-order valence-corrected chi connectivity index (χ4v) is 1.19. The zero-order valence-electron chi connectivity index (χ0n) is 9.55. The predicted octanol–water partition coefficient (Wildman–Crippen LogP) is 0.954. The van der Waals surface area contributed by atoms with Gasteiger partial charge < -0.3 is 14.8 Å². The van der Waals surface area contributed by atoms with Gasteiger partial charge in [0.05, 0.1) is 6.61 Å². The van der Waals surface area contributed by atoms with Crippen LogP contribution in [0.25, 0.3) is 0 Å². The van der Waals surface area contributed by atoms with Gasteiger partial charge in [-0.25, -0.2) is 0 Å². The lowest BCUT2D eigenvalue weighted by Crippen LogP contribution is -2.48. The van der Waals surface area contributed by atoms with Gasteiger partial charge in [0.1, 0.15) is 5.54 Å². The first-order chi connectivity index (χ1) is 6.60. The van der Waals surface area contributed by atoms with Crippen molar-refractivity contribution in [3.05, 3.63) is 0 Å². The number of carbonyl (C=O) groups is 1. The van der Waals surface area contributed by atoms with Crippen LogP contribution in [0.4, 0.5) is 0 Å². The van der Waals surface area contributed by atoms with E-state index >= 15 is 0 Å². The first-order valence-electron chi connectivity index (χ1n) is 4.95. The number of ether oxygens (including phenoxy) is 2. The first-order valence-corrected chi connectivity index (χ1v) is 4.95. The maximum atomic E-state index is 11.6. The van der Waals surface area contributed by atoms with E-state index in [-0.39, 0.29) is 5.97 Å². The molecule has 0 radical (unpaired) electrons. The van der Waals surface area contributed by atoms with Gasteiger partial charge in [-0.3, -0.25) is 4.79 Å². The quantitative estimate of drug-likeness (QED) is 0.494. The molecule has 4 heteroatoms. The Bertz CT molecular complexity index is 173. The summed E-state index contributed by atoms with van der Waals surface area (Å²) in [6.07, 6.45) is 1.56. The largest absolute Gasteiger partial charge is 0.465 e. The fourth-order valence-electron chi connectivity index (χ4n) is 1.19. The number of likely N-dealkylation sites (N-methyl/N-ethyl adjacent to an activating group) is 1. The zero-order valence-corrected chi connectivity index (χ0v) is 9.55. The molecule has 84 valence electrons. The molecule has 0 fully saturated rings. The number of hydrogen-bond donors (Lipinski definition) is 1. The van der Waals surface area contributed by atoms with Crippen LogP contribution in [0.5, 0.6) is 0 Å². The van der Waals surface area contributed by atoms with Crippen molar-refractivity contribution in [2.75, 3.05) is 27.4 Å². The van der Waals surface area contributed by atoms with Crippen LogP contribution in [0.1, 0.15) is 26.7 Å². The fraction of sp³-hybridized carbons (Fsp3) is 0.900. The van der Waals surface area contributed by atoms with Crippen molar-refractivity contribution in [2.24, 2.45) is 0 Å². The molecule has 0 saturated carbocycles. The summed E-state index contributed by atoms with van der Waals surface area (Å²) >= 11 is 0. The molecule has 14 heavy (non-hydrogen) atoms. The van der Waals surface area contributed by atoms with Crippen LogP contribution in [0, 0.1) is 0 Å². The van der Waals surface area contributed by atoms with Crippen LogP contribution in [-0.2, 0) is 14.3 Å². The van der Waals surface area contributed by atoms with Gasteiger partial charge in [0.25, 0.3) is 0 Å². The third kappa shape index (κ3) is 4.07. The molecule has 0 heterocycles.